The van der Waals surface area contributed by atoms with Gasteiger partial charge in [0, 0.05) is 12.1 Å². The Morgan fingerprint density at radius 2 is 1.68 bits per heavy atom. The zero-order chi connectivity index (χ0) is 14.3. The molecule has 1 rings (SSSR count). The summed E-state index contributed by atoms with van der Waals surface area (Å²) in [5.41, 5.74) is 0.653. The normalized spacial score (nSPS) is 12.9. The van der Waals surface area contributed by atoms with Crippen molar-refractivity contribution in [2.45, 2.75) is 33.2 Å². The standard InChI is InChI=1S/C15H24F2N2/c1-4-19(5-2)8-6-7-18-12(3)13-9-14(16)11-15(17)10-13/h9-12,18H,4-8H2,1-3H3. The van der Waals surface area contributed by atoms with Crippen molar-refractivity contribution in [3.05, 3.63) is 35.4 Å². The summed E-state index contributed by atoms with van der Waals surface area (Å²) in [6.45, 7) is 10.2. The van der Waals surface area contributed by atoms with E-state index in [0.717, 1.165) is 38.7 Å². The third-order valence-corrected chi connectivity index (χ3v) is 3.38. The topological polar surface area (TPSA) is 15.3 Å². The maximum absolute atomic E-state index is 13.1. The van der Waals surface area contributed by atoms with Gasteiger partial charge in [0.15, 0.2) is 0 Å². The summed E-state index contributed by atoms with van der Waals surface area (Å²) < 4.78 is 26.2. The molecule has 0 aliphatic carbocycles. The molecule has 0 spiro atoms. The number of hydrogen-bond donors (Lipinski definition) is 1. The van der Waals surface area contributed by atoms with Gasteiger partial charge in [0.05, 0.1) is 0 Å². The molecule has 1 aromatic rings. The van der Waals surface area contributed by atoms with Crippen LogP contribution in [-0.2, 0) is 0 Å². The van der Waals surface area contributed by atoms with E-state index in [-0.39, 0.29) is 6.04 Å². The molecule has 108 valence electrons. The van der Waals surface area contributed by atoms with Crippen LogP contribution in [0.2, 0.25) is 0 Å². The Morgan fingerprint density at radius 1 is 1.11 bits per heavy atom. The van der Waals surface area contributed by atoms with Crippen molar-refractivity contribution in [3.63, 3.8) is 0 Å². The van der Waals surface area contributed by atoms with Crippen molar-refractivity contribution >= 4 is 0 Å². The first-order chi connectivity index (χ1) is 9.06. The van der Waals surface area contributed by atoms with Crippen LogP contribution in [0.3, 0.4) is 0 Å². The van der Waals surface area contributed by atoms with Gasteiger partial charge >= 0.3 is 0 Å². The molecule has 0 fully saturated rings. The number of benzene rings is 1. The second kappa shape index (κ2) is 8.23. The lowest BCUT2D eigenvalue weighted by molar-refractivity contribution is 0.296. The van der Waals surface area contributed by atoms with Crippen LogP contribution in [0.1, 0.15) is 38.8 Å². The Morgan fingerprint density at radius 3 is 2.21 bits per heavy atom. The van der Waals surface area contributed by atoms with Crippen LogP contribution in [0.25, 0.3) is 0 Å². The van der Waals surface area contributed by atoms with Crippen LogP contribution in [0.15, 0.2) is 18.2 Å². The lowest BCUT2D eigenvalue weighted by atomic mass is 10.1. The van der Waals surface area contributed by atoms with Gasteiger partial charge in [-0.05, 0) is 57.2 Å². The third kappa shape index (κ3) is 5.66. The van der Waals surface area contributed by atoms with Crippen molar-refractivity contribution in [2.75, 3.05) is 26.2 Å². The lowest BCUT2D eigenvalue weighted by Gasteiger charge is -2.19. The third-order valence-electron chi connectivity index (χ3n) is 3.38. The summed E-state index contributed by atoms with van der Waals surface area (Å²) in [6.07, 6.45) is 1.03. The second-order valence-electron chi connectivity index (χ2n) is 4.76. The molecule has 1 aromatic carbocycles. The van der Waals surface area contributed by atoms with E-state index in [1.807, 2.05) is 6.92 Å². The minimum Gasteiger partial charge on any atom is -0.310 e. The molecule has 1 N–H and O–H groups in total. The maximum atomic E-state index is 13.1. The first-order valence-electron chi connectivity index (χ1n) is 6.98. The Kier molecular flexibility index (Phi) is 6.95. The monoisotopic (exact) mass is 270 g/mol. The predicted molar refractivity (Wildman–Crippen MR) is 75.2 cm³/mol. The smallest absolute Gasteiger partial charge is 0.126 e. The lowest BCUT2D eigenvalue weighted by Crippen LogP contribution is -2.28. The van der Waals surface area contributed by atoms with Crippen LogP contribution in [-0.4, -0.2) is 31.1 Å². The fourth-order valence-corrected chi connectivity index (χ4v) is 2.10. The fraction of sp³-hybridized carbons (Fsp3) is 0.600. The highest BCUT2D eigenvalue weighted by molar-refractivity contribution is 5.20. The van der Waals surface area contributed by atoms with Gasteiger partial charge in [0.2, 0.25) is 0 Å². The minimum absolute atomic E-state index is 0.0399. The van der Waals surface area contributed by atoms with Crippen molar-refractivity contribution in [1.82, 2.24) is 10.2 Å². The van der Waals surface area contributed by atoms with Crippen molar-refractivity contribution in [3.8, 4) is 0 Å². The van der Waals surface area contributed by atoms with Crippen LogP contribution in [0, 0.1) is 11.6 Å². The molecule has 0 aliphatic rings. The van der Waals surface area contributed by atoms with Gasteiger partial charge in [0.25, 0.3) is 0 Å². The van der Waals surface area contributed by atoms with Gasteiger partial charge in [-0.3, -0.25) is 0 Å². The second-order valence-corrected chi connectivity index (χ2v) is 4.76. The molecule has 1 unspecified atom stereocenters. The number of nitrogens with zero attached hydrogens (tertiary/aromatic N) is 1. The zero-order valence-electron chi connectivity index (χ0n) is 12.0. The number of nitrogens with one attached hydrogen (secondary N) is 1. The van der Waals surface area contributed by atoms with Gasteiger partial charge < -0.3 is 10.2 Å². The van der Waals surface area contributed by atoms with Crippen molar-refractivity contribution in [1.29, 1.82) is 0 Å². The molecule has 0 saturated heterocycles. The van der Waals surface area contributed by atoms with E-state index >= 15 is 0 Å². The molecule has 0 radical (unpaired) electrons. The highest BCUT2D eigenvalue weighted by Crippen LogP contribution is 2.15. The Hall–Kier alpha value is -1.00. The van der Waals surface area contributed by atoms with E-state index in [2.05, 4.69) is 24.1 Å². The van der Waals surface area contributed by atoms with E-state index < -0.39 is 11.6 Å². The predicted octanol–water partition coefficient (Wildman–Crippen LogP) is 3.35. The van der Waals surface area contributed by atoms with E-state index in [4.69, 9.17) is 0 Å². The van der Waals surface area contributed by atoms with E-state index in [1.54, 1.807) is 0 Å². The molecule has 19 heavy (non-hydrogen) atoms. The van der Waals surface area contributed by atoms with Gasteiger partial charge in [0.1, 0.15) is 11.6 Å². The molecule has 0 amide bonds. The Bertz CT molecular complexity index is 358. The summed E-state index contributed by atoms with van der Waals surface area (Å²) in [6, 6.07) is 3.62. The Labute approximate surface area is 114 Å². The first kappa shape index (κ1) is 16.1. The average molecular weight is 270 g/mol. The van der Waals surface area contributed by atoms with Crippen LogP contribution in [0.4, 0.5) is 8.78 Å². The number of halogens is 2. The molecule has 1 atom stereocenters. The highest BCUT2D eigenvalue weighted by Gasteiger charge is 2.08. The molecule has 2 nitrogen and oxygen atoms in total. The highest BCUT2D eigenvalue weighted by atomic mass is 19.1. The molecule has 0 bridgehead atoms. The molecular formula is C15H24F2N2. The van der Waals surface area contributed by atoms with E-state index in [9.17, 15) is 8.78 Å². The summed E-state index contributed by atoms with van der Waals surface area (Å²) >= 11 is 0. The molecule has 0 heterocycles. The van der Waals surface area contributed by atoms with Gasteiger partial charge in [-0.2, -0.15) is 0 Å². The fourth-order valence-electron chi connectivity index (χ4n) is 2.10. The summed E-state index contributed by atoms with van der Waals surface area (Å²) in [4.78, 5) is 2.36. The van der Waals surface area contributed by atoms with Crippen molar-refractivity contribution in [2.24, 2.45) is 0 Å². The van der Waals surface area contributed by atoms with Gasteiger partial charge in [-0.1, -0.05) is 13.8 Å². The number of hydrogen-bond acceptors (Lipinski definition) is 2. The van der Waals surface area contributed by atoms with Crippen molar-refractivity contribution < 1.29 is 8.78 Å². The molecule has 4 heteroatoms. The summed E-state index contributed by atoms with van der Waals surface area (Å²) in [5.74, 6) is -1.04. The summed E-state index contributed by atoms with van der Waals surface area (Å²) in [5, 5.41) is 3.30. The van der Waals surface area contributed by atoms with E-state index in [0.29, 0.717) is 5.56 Å². The number of rotatable bonds is 8. The van der Waals surface area contributed by atoms with Crippen LogP contribution >= 0.6 is 0 Å². The van der Waals surface area contributed by atoms with Gasteiger partial charge in [-0.15, -0.1) is 0 Å². The maximum Gasteiger partial charge on any atom is 0.126 e. The Balaban J connectivity index is 2.36. The molecule has 0 aromatic heterocycles. The van der Waals surface area contributed by atoms with E-state index in [1.165, 1.54) is 12.1 Å². The quantitative estimate of drug-likeness (QED) is 0.729. The summed E-state index contributed by atoms with van der Waals surface area (Å²) in [7, 11) is 0. The van der Waals surface area contributed by atoms with Crippen LogP contribution < -0.4 is 5.32 Å². The average Bonchev–Trinajstić information content (AvgIpc) is 2.37. The van der Waals surface area contributed by atoms with Gasteiger partial charge in [-0.25, -0.2) is 8.78 Å². The largest absolute Gasteiger partial charge is 0.310 e. The molecular weight excluding hydrogens is 246 g/mol. The first-order valence-corrected chi connectivity index (χ1v) is 6.98. The zero-order valence-corrected chi connectivity index (χ0v) is 12.0. The van der Waals surface area contributed by atoms with Crippen LogP contribution in [0.5, 0.6) is 0 Å². The molecule has 0 aliphatic heterocycles. The SMILES string of the molecule is CCN(CC)CCCNC(C)c1cc(F)cc(F)c1. The minimum atomic E-state index is -0.521. The molecule has 0 saturated carbocycles.